The highest BCUT2D eigenvalue weighted by Crippen LogP contribution is 2.57. The van der Waals surface area contributed by atoms with Crippen molar-refractivity contribution >= 4 is 29.4 Å². The topological polar surface area (TPSA) is 96.0 Å². The van der Waals surface area contributed by atoms with Gasteiger partial charge in [0.2, 0.25) is 17.7 Å². The monoisotopic (exact) mass is 451 g/mol. The third kappa shape index (κ3) is 2.99. The number of benzene rings is 2. The molecule has 3 fully saturated rings. The van der Waals surface area contributed by atoms with E-state index in [1.54, 1.807) is 47.4 Å². The number of rotatable bonds is 4. The van der Waals surface area contributed by atoms with Crippen LogP contribution >= 0.6 is 0 Å². The van der Waals surface area contributed by atoms with Crippen molar-refractivity contribution in [2.24, 2.45) is 11.8 Å². The fraction of sp³-hybridized carbons (Fsp3) is 0.333. The highest BCUT2D eigenvalue weighted by atomic mass is 19.1. The van der Waals surface area contributed by atoms with Gasteiger partial charge in [-0.15, -0.1) is 0 Å². The SMILES string of the molecule is COC(=O)C[C@@]12C(=O)NCCN1[C@@H](c1ccc(F)cc1)[C@@H]1C(=O)N(c3ccccc3)C(=O)[C@@H]12. The molecule has 33 heavy (non-hydrogen) atoms. The van der Waals surface area contributed by atoms with Gasteiger partial charge in [-0.05, 0) is 29.8 Å². The van der Waals surface area contributed by atoms with E-state index < -0.39 is 52.9 Å². The summed E-state index contributed by atoms with van der Waals surface area (Å²) in [6.07, 6.45) is -0.379. The van der Waals surface area contributed by atoms with E-state index in [0.29, 0.717) is 24.3 Å². The molecular formula is C24H22FN3O5. The Morgan fingerprint density at radius 2 is 1.79 bits per heavy atom. The number of nitrogens with zero attached hydrogens (tertiary/aromatic N) is 2. The lowest BCUT2D eigenvalue weighted by atomic mass is 9.76. The van der Waals surface area contributed by atoms with Crippen LogP contribution in [-0.2, 0) is 23.9 Å². The van der Waals surface area contributed by atoms with Gasteiger partial charge in [0.1, 0.15) is 11.4 Å². The lowest BCUT2D eigenvalue weighted by Gasteiger charge is -2.45. The lowest BCUT2D eigenvalue weighted by Crippen LogP contribution is -2.67. The third-order valence-electron chi connectivity index (χ3n) is 6.95. The van der Waals surface area contributed by atoms with E-state index in [9.17, 15) is 23.6 Å². The van der Waals surface area contributed by atoms with E-state index in [1.165, 1.54) is 19.2 Å². The van der Waals surface area contributed by atoms with Crippen molar-refractivity contribution in [2.75, 3.05) is 25.1 Å². The molecule has 2 aromatic carbocycles. The number of para-hydroxylation sites is 1. The van der Waals surface area contributed by atoms with Crippen LogP contribution in [0.15, 0.2) is 54.6 Å². The summed E-state index contributed by atoms with van der Waals surface area (Å²) >= 11 is 0. The Balaban J connectivity index is 1.71. The summed E-state index contributed by atoms with van der Waals surface area (Å²) < 4.78 is 18.6. The minimum atomic E-state index is -1.59. The maximum Gasteiger partial charge on any atom is 0.307 e. The molecule has 8 nitrogen and oxygen atoms in total. The summed E-state index contributed by atoms with van der Waals surface area (Å²) in [6.45, 7) is 0.618. The lowest BCUT2D eigenvalue weighted by molar-refractivity contribution is -0.154. The van der Waals surface area contributed by atoms with E-state index in [4.69, 9.17) is 4.74 Å². The molecule has 170 valence electrons. The first-order valence-corrected chi connectivity index (χ1v) is 10.7. The summed E-state index contributed by atoms with van der Waals surface area (Å²) in [5.41, 5.74) is -0.592. The first-order chi connectivity index (χ1) is 15.9. The molecule has 1 N–H and O–H groups in total. The van der Waals surface area contributed by atoms with Crippen LogP contribution in [0.25, 0.3) is 0 Å². The number of hydrogen-bond donors (Lipinski definition) is 1. The highest BCUT2D eigenvalue weighted by molar-refractivity contribution is 6.24. The summed E-state index contributed by atoms with van der Waals surface area (Å²) in [5.74, 6) is -4.59. The molecule has 0 unspecified atom stereocenters. The van der Waals surface area contributed by atoms with E-state index in [1.807, 2.05) is 0 Å². The summed E-state index contributed by atoms with van der Waals surface area (Å²) in [6, 6.07) is 13.5. The number of fused-ring (bicyclic) bond motifs is 3. The zero-order chi connectivity index (χ0) is 23.3. The van der Waals surface area contributed by atoms with Gasteiger partial charge in [0.15, 0.2) is 0 Å². The van der Waals surface area contributed by atoms with Crippen LogP contribution in [-0.4, -0.2) is 54.3 Å². The number of halogens is 1. The molecule has 0 aliphatic carbocycles. The number of nitrogens with one attached hydrogen (secondary N) is 1. The smallest absolute Gasteiger partial charge is 0.307 e. The van der Waals surface area contributed by atoms with Crippen molar-refractivity contribution in [1.82, 2.24) is 10.2 Å². The molecule has 3 aliphatic heterocycles. The van der Waals surface area contributed by atoms with Crippen molar-refractivity contribution in [3.05, 3.63) is 66.0 Å². The molecule has 0 aromatic heterocycles. The highest BCUT2D eigenvalue weighted by Gasteiger charge is 2.73. The van der Waals surface area contributed by atoms with Crippen molar-refractivity contribution in [3.8, 4) is 0 Å². The van der Waals surface area contributed by atoms with Crippen LogP contribution in [0.4, 0.5) is 10.1 Å². The first-order valence-electron chi connectivity index (χ1n) is 10.7. The Labute approximate surface area is 189 Å². The average Bonchev–Trinajstić information content (AvgIpc) is 3.26. The van der Waals surface area contributed by atoms with E-state index in [2.05, 4.69) is 5.32 Å². The minimum absolute atomic E-state index is 0.295. The fourth-order valence-corrected chi connectivity index (χ4v) is 5.65. The second-order valence-electron chi connectivity index (χ2n) is 8.47. The number of piperazine rings is 1. The zero-order valence-electron chi connectivity index (χ0n) is 17.9. The predicted octanol–water partition coefficient (Wildman–Crippen LogP) is 1.42. The van der Waals surface area contributed by atoms with Gasteiger partial charge in [0.25, 0.3) is 0 Å². The maximum absolute atomic E-state index is 13.8. The molecule has 2 aromatic rings. The van der Waals surface area contributed by atoms with Crippen molar-refractivity contribution in [2.45, 2.75) is 18.0 Å². The third-order valence-corrected chi connectivity index (χ3v) is 6.95. The van der Waals surface area contributed by atoms with Gasteiger partial charge in [-0.1, -0.05) is 30.3 Å². The largest absolute Gasteiger partial charge is 0.469 e. The normalized spacial score (nSPS) is 29.0. The second kappa shape index (κ2) is 7.77. The molecule has 3 saturated heterocycles. The Hall–Kier alpha value is -3.59. The van der Waals surface area contributed by atoms with Crippen molar-refractivity contribution < 1.29 is 28.3 Å². The summed E-state index contributed by atoms with van der Waals surface area (Å²) in [5, 5.41) is 2.78. The maximum atomic E-state index is 13.8. The zero-order valence-corrected chi connectivity index (χ0v) is 17.9. The molecule has 5 rings (SSSR count). The van der Waals surface area contributed by atoms with Crippen LogP contribution in [0, 0.1) is 17.7 Å². The van der Waals surface area contributed by atoms with Gasteiger partial charge in [-0.3, -0.25) is 24.1 Å². The van der Waals surface area contributed by atoms with Crippen LogP contribution < -0.4 is 10.2 Å². The molecule has 0 radical (unpaired) electrons. The molecule has 0 bridgehead atoms. The van der Waals surface area contributed by atoms with Crippen LogP contribution in [0.3, 0.4) is 0 Å². The number of anilines is 1. The Morgan fingerprint density at radius 1 is 1.09 bits per heavy atom. The second-order valence-corrected chi connectivity index (χ2v) is 8.47. The Kier molecular flexibility index (Phi) is 5.01. The number of imide groups is 1. The van der Waals surface area contributed by atoms with Crippen molar-refractivity contribution in [3.63, 3.8) is 0 Å². The molecule has 0 saturated carbocycles. The van der Waals surface area contributed by atoms with Gasteiger partial charge in [0, 0.05) is 19.1 Å². The number of carbonyl (C=O) groups is 4. The van der Waals surface area contributed by atoms with Gasteiger partial charge in [0.05, 0.1) is 31.1 Å². The Bertz CT molecular complexity index is 1140. The number of hydrogen-bond acceptors (Lipinski definition) is 6. The van der Waals surface area contributed by atoms with Gasteiger partial charge >= 0.3 is 5.97 Å². The van der Waals surface area contributed by atoms with Crippen LogP contribution in [0.5, 0.6) is 0 Å². The number of ether oxygens (including phenoxy) is 1. The molecular weight excluding hydrogens is 429 g/mol. The molecule has 0 spiro atoms. The standard InChI is InChI=1S/C24H22FN3O5/c1-33-17(29)13-24-19-18(21(30)28(22(19)31)16-5-3-2-4-6-16)20(14-7-9-15(25)10-8-14)27(24)12-11-26-23(24)32/h2-10,18-20H,11-13H2,1H3,(H,26,32)/t18-,19-,20+,24-/m1/s1. The van der Waals surface area contributed by atoms with E-state index >= 15 is 0 Å². The summed E-state index contributed by atoms with van der Waals surface area (Å²) in [4.78, 5) is 56.3. The minimum Gasteiger partial charge on any atom is -0.469 e. The summed E-state index contributed by atoms with van der Waals surface area (Å²) in [7, 11) is 1.21. The fourth-order valence-electron chi connectivity index (χ4n) is 5.65. The molecule has 3 amide bonds. The van der Waals surface area contributed by atoms with Gasteiger partial charge in [-0.2, -0.15) is 0 Å². The number of methoxy groups -OCH3 is 1. The molecule has 4 atom stereocenters. The van der Waals surface area contributed by atoms with Crippen molar-refractivity contribution in [1.29, 1.82) is 0 Å². The van der Waals surface area contributed by atoms with Gasteiger partial charge < -0.3 is 10.1 Å². The quantitative estimate of drug-likeness (QED) is 0.558. The molecule has 9 heteroatoms. The Morgan fingerprint density at radius 3 is 2.45 bits per heavy atom. The average molecular weight is 451 g/mol. The van der Waals surface area contributed by atoms with Crippen LogP contribution in [0.2, 0.25) is 0 Å². The van der Waals surface area contributed by atoms with Gasteiger partial charge in [-0.25, -0.2) is 9.29 Å². The molecule has 3 heterocycles. The van der Waals surface area contributed by atoms with Crippen LogP contribution in [0.1, 0.15) is 18.0 Å². The number of amides is 3. The number of carbonyl (C=O) groups excluding carboxylic acids is 4. The number of esters is 1. The van der Waals surface area contributed by atoms with E-state index in [-0.39, 0.29) is 6.42 Å². The predicted molar refractivity (Wildman–Crippen MR) is 114 cm³/mol. The van der Waals surface area contributed by atoms with E-state index in [0.717, 1.165) is 4.90 Å². The first kappa shape index (κ1) is 21.3. The molecule has 3 aliphatic rings.